The molecule has 0 spiro atoms. The zero-order valence-electron chi connectivity index (χ0n) is 13.5. The number of rotatable bonds is 5. The van der Waals surface area contributed by atoms with Crippen LogP contribution in [0.2, 0.25) is 0 Å². The van der Waals surface area contributed by atoms with Gasteiger partial charge in [-0.3, -0.25) is 9.78 Å². The molecule has 0 aliphatic carbocycles. The van der Waals surface area contributed by atoms with Gasteiger partial charge in [0.05, 0.1) is 18.2 Å². The molecule has 7 nitrogen and oxygen atoms in total. The molecule has 1 aromatic heterocycles. The normalized spacial score (nSPS) is 10.6. The summed E-state index contributed by atoms with van der Waals surface area (Å²) < 4.78 is 9.59. The Morgan fingerprint density at radius 2 is 2.04 bits per heavy atom. The van der Waals surface area contributed by atoms with E-state index in [0.717, 1.165) is 5.56 Å². The second-order valence-corrected chi connectivity index (χ2v) is 5.47. The summed E-state index contributed by atoms with van der Waals surface area (Å²) in [5, 5.41) is 2.75. The summed E-state index contributed by atoms with van der Waals surface area (Å²) in [5.41, 5.74) is 2.90. The van der Waals surface area contributed by atoms with E-state index in [2.05, 4.69) is 15.0 Å². The number of hydrogen-bond acceptors (Lipinski definition) is 5. The SMILES string of the molecule is COC(=O)c1cccc(NC(=O)CCc2ccc3oc(=O)[nH]c3c2)c1. The second kappa shape index (κ2) is 7.04. The molecule has 0 aliphatic heterocycles. The van der Waals surface area contributed by atoms with E-state index in [4.69, 9.17) is 4.42 Å². The van der Waals surface area contributed by atoms with Crippen molar-refractivity contribution < 1.29 is 18.7 Å². The van der Waals surface area contributed by atoms with Crippen LogP contribution in [-0.4, -0.2) is 24.0 Å². The maximum absolute atomic E-state index is 12.1. The zero-order chi connectivity index (χ0) is 17.8. The van der Waals surface area contributed by atoms with Gasteiger partial charge in [0, 0.05) is 12.1 Å². The second-order valence-electron chi connectivity index (χ2n) is 5.47. The van der Waals surface area contributed by atoms with Crippen LogP contribution in [0.5, 0.6) is 0 Å². The highest BCUT2D eigenvalue weighted by atomic mass is 16.5. The molecule has 3 rings (SSSR count). The van der Waals surface area contributed by atoms with Crippen LogP contribution in [0.25, 0.3) is 11.1 Å². The molecule has 25 heavy (non-hydrogen) atoms. The average Bonchev–Trinajstić information content (AvgIpc) is 2.98. The lowest BCUT2D eigenvalue weighted by Crippen LogP contribution is -2.13. The average molecular weight is 340 g/mol. The summed E-state index contributed by atoms with van der Waals surface area (Å²) in [6.07, 6.45) is 0.766. The van der Waals surface area contributed by atoms with Crippen molar-refractivity contribution in [1.82, 2.24) is 4.98 Å². The molecule has 0 atom stereocenters. The van der Waals surface area contributed by atoms with Crippen molar-refractivity contribution in [3.63, 3.8) is 0 Å². The number of H-pyrrole nitrogens is 1. The lowest BCUT2D eigenvalue weighted by Gasteiger charge is -2.07. The summed E-state index contributed by atoms with van der Waals surface area (Å²) in [6.45, 7) is 0. The van der Waals surface area contributed by atoms with E-state index in [0.29, 0.717) is 28.8 Å². The van der Waals surface area contributed by atoms with Crippen LogP contribution in [0.1, 0.15) is 22.3 Å². The Labute approximate surface area is 142 Å². The van der Waals surface area contributed by atoms with Gasteiger partial charge in [0.25, 0.3) is 0 Å². The lowest BCUT2D eigenvalue weighted by molar-refractivity contribution is -0.116. The van der Waals surface area contributed by atoms with E-state index < -0.39 is 11.7 Å². The molecule has 0 saturated heterocycles. The Hall–Kier alpha value is -3.35. The van der Waals surface area contributed by atoms with Gasteiger partial charge in [-0.15, -0.1) is 0 Å². The van der Waals surface area contributed by atoms with Gasteiger partial charge in [0.1, 0.15) is 0 Å². The fourth-order valence-corrected chi connectivity index (χ4v) is 2.48. The smallest absolute Gasteiger partial charge is 0.417 e. The van der Waals surface area contributed by atoms with E-state index in [1.165, 1.54) is 7.11 Å². The minimum atomic E-state index is -0.504. The minimum absolute atomic E-state index is 0.178. The third kappa shape index (κ3) is 3.95. The first-order chi connectivity index (χ1) is 12.0. The number of carbonyl (C=O) groups excluding carboxylic acids is 2. The molecule has 0 saturated carbocycles. The van der Waals surface area contributed by atoms with Crippen LogP contribution >= 0.6 is 0 Å². The van der Waals surface area contributed by atoms with Crippen molar-refractivity contribution in [2.24, 2.45) is 0 Å². The number of amides is 1. The van der Waals surface area contributed by atoms with Gasteiger partial charge in [-0.05, 0) is 42.3 Å². The fourth-order valence-electron chi connectivity index (χ4n) is 2.48. The number of esters is 1. The Morgan fingerprint density at radius 3 is 2.84 bits per heavy atom. The monoisotopic (exact) mass is 340 g/mol. The summed E-state index contributed by atoms with van der Waals surface area (Å²) in [6, 6.07) is 11.8. The number of anilines is 1. The molecule has 1 heterocycles. The van der Waals surface area contributed by atoms with Crippen molar-refractivity contribution in [1.29, 1.82) is 0 Å². The van der Waals surface area contributed by atoms with Crippen molar-refractivity contribution in [3.8, 4) is 0 Å². The summed E-state index contributed by atoms with van der Waals surface area (Å²) in [5.74, 6) is -1.14. The van der Waals surface area contributed by atoms with Gasteiger partial charge >= 0.3 is 11.7 Å². The molecule has 2 aromatic carbocycles. The fraction of sp³-hybridized carbons (Fsp3) is 0.167. The first-order valence-corrected chi connectivity index (χ1v) is 7.65. The van der Waals surface area contributed by atoms with Crippen LogP contribution in [0.3, 0.4) is 0 Å². The minimum Gasteiger partial charge on any atom is -0.465 e. The molecular formula is C18H16N2O5. The maximum Gasteiger partial charge on any atom is 0.417 e. The number of methoxy groups -OCH3 is 1. The lowest BCUT2D eigenvalue weighted by atomic mass is 10.1. The molecule has 0 radical (unpaired) electrons. The predicted octanol–water partition coefficient (Wildman–Crippen LogP) is 2.48. The van der Waals surface area contributed by atoms with Crippen LogP contribution in [0.4, 0.5) is 5.69 Å². The van der Waals surface area contributed by atoms with E-state index in [9.17, 15) is 14.4 Å². The highest BCUT2D eigenvalue weighted by Crippen LogP contribution is 2.15. The molecule has 0 unspecified atom stereocenters. The molecule has 2 N–H and O–H groups in total. The topological polar surface area (TPSA) is 101 Å². The highest BCUT2D eigenvalue weighted by molar-refractivity contribution is 5.94. The Kier molecular flexibility index (Phi) is 4.65. The summed E-state index contributed by atoms with van der Waals surface area (Å²) in [4.78, 5) is 37.3. The quantitative estimate of drug-likeness (QED) is 0.695. The first-order valence-electron chi connectivity index (χ1n) is 7.65. The van der Waals surface area contributed by atoms with E-state index in [1.807, 2.05) is 6.07 Å². The number of oxazole rings is 1. The van der Waals surface area contributed by atoms with Crippen molar-refractivity contribution >= 4 is 28.7 Å². The van der Waals surface area contributed by atoms with Gasteiger partial charge in [0.15, 0.2) is 5.58 Å². The number of benzene rings is 2. The van der Waals surface area contributed by atoms with Gasteiger partial charge in [0.2, 0.25) is 5.91 Å². The zero-order valence-corrected chi connectivity index (χ0v) is 13.5. The van der Waals surface area contributed by atoms with Crippen LogP contribution in [0.15, 0.2) is 51.7 Å². The number of fused-ring (bicyclic) bond motifs is 1. The largest absolute Gasteiger partial charge is 0.465 e. The highest BCUT2D eigenvalue weighted by Gasteiger charge is 2.09. The number of aromatic nitrogens is 1. The molecule has 0 fully saturated rings. The van der Waals surface area contributed by atoms with E-state index in [-0.39, 0.29) is 12.3 Å². The van der Waals surface area contributed by atoms with Gasteiger partial charge in [-0.2, -0.15) is 0 Å². The molecule has 0 aliphatic rings. The van der Waals surface area contributed by atoms with Crippen molar-refractivity contribution in [2.45, 2.75) is 12.8 Å². The number of carbonyl (C=O) groups is 2. The summed E-state index contributed by atoms with van der Waals surface area (Å²) >= 11 is 0. The molecule has 3 aromatic rings. The number of ether oxygens (including phenoxy) is 1. The van der Waals surface area contributed by atoms with Crippen molar-refractivity contribution in [3.05, 3.63) is 64.1 Å². The van der Waals surface area contributed by atoms with E-state index >= 15 is 0 Å². The van der Waals surface area contributed by atoms with Gasteiger partial charge in [-0.1, -0.05) is 12.1 Å². The number of aryl methyl sites for hydroxylation is 1. The first kappa shape index (κ1) is 16.5. The molecule has 7 heteroatoms. The summed E-state index contributed by atoms with van der Waals surface area (Å²) in [7, 11) is 1.30. The third-order valence-electron chi connectivity index (χ3n) is 3.69. The van der Waals surface area contributed by atoms with E-state index in [1.54, 1.807) is 36.4 Å². The third-order valence-corrected chi connectivity index (χ3v) is 3.69. The molecule has 0 bridgehead atoms. The van der Waals surface area contributed by atoms with Gasteiger partial charge < -0.3 is 14.5 Å². The Bertz CT molecular complexity index is 986. The Morgan fingerprint density at radius 1 is 1.20 bits per heavy atom. The van der Waals surface area contributed by atoms with Crippen LogP contribution in [0, 0.1) is 0 Å². The van der Waals surface area contributed by atoms with Crippen LogP contribution < -0.4 is 11.1 Å². The maximum atomic E-state index is 12.1. The predicted molar refractivity (Wildman–Crippen MR) is 91.6 cm³/mol. The standard InChI is InChI=1S/C18H16N2O5/c1-24-17(22)12-3-2-4-13(10-12)19-16(21)8-6-11-5-7-15-14(9-11)20-18(23)25-15/h2-5,7,9-10H,6,8H2,1H3,(H,19,21)(H,20,23). The van der Waals surface area contributed by atoms with Crippen molar-refractivity contribution in [2.75, 3.05) is 12.4 Å². The van der Waals surface area contributed by atoms with Gasteiger partial charge in [-0.25, -0.2) is 9.59 Å². The number of nitrogens with one attached hydrogen (secondary N) is 2. The van der Waals surface area contributed by atoms with Crippen LogP contribution in [-0.2, 0) is 16.0 Å². The molecule has 1 amide bonds. The number of hydrogen-bond donors (Lipinski definition) is 2. The molecule has 128 valence electrons. The molecular weight excluding hydrogens is 324 g/mol. The number of aromatic amines is 1. The Balaban J connectivity index is 1.62.